The number of fused-ring (bicyclic) bond motifs is 9. The van der Waals surface area contributed by atoms with Crippen molar-refractivity contribution in [3.63, 3.8) is 0 Å². The van der Waals surface area contributed by atoms with E-state index in [0.717, 1.165) is 91.0 Å². The maximum absolute atomic E-state index is 13.5. The highest BCUT2D eigenvalue weighted by molar-refractivity contribution is 6.21. The highest BCUT2D eigenvalue weighted by Crippen LogP contribution is 2.45. The van der Waals surface area contributed by atoms with Crippen molar-refractivity contribution in [1.29, 1.82) is 0 Å². The van der Waals surface area contributed by atoms with E-state index in [-0.39, 0.29) is 0 Å². The van der Waals surface area contributed by atoms with Crippen LogP contribution in [-0.4, -0.2) is 0 Å². The molecule has 13 heteroatoms. The molecule has 0 aliphatic heterocycles. The lowest BCUT2D eigenvalue weighted by Gasteiger charge is -2.26. The maximum atomic E-state index is 13.5. The van der Waals surface area contributed by atoms with Crippen LogP contribution in [-0.2, 0) is 18.5 Å². The summed E-state index contributed by atoms with van der Waals surface area (Å²) in [5, 5.41) is 6.50. The zero-order valence-corrected chi connectivity index (χ0v) is 34.8. The molecule has 0 saturated heterocycles. The van der Waals surface area contributed by atoms with Gasteiger partial charge in [0.05, 0.1) is 16.7 Å². The monoisotopic (exact) mass is 910 g/mol. The van der Waals surface area contributed by atoms with Gasteiger partial charge in [0.15, 0.2) is 11.2 Å². The Labute approximate surface area is 374 Å². The van der Waals surface area contributed by atoms with E-state index < -0.39 is 35.2 Å². The lowest BCUT2D eigenvalue weighted by Crippen LogP contribution is -2.12. The minimum atomic E-state index is -4.58. The molecule has 2 heterocycles. The number of anilines is 6. The summed E-state index contributed by atoms with van der Waals surface area (Å²) in [6.07, 6.45) is -13.6. The van der Waals surface area contributed by atoms with Crippen molar-refractivity contribution in [2.24, 2.45) is 0 Å². The second kappa shape index (κ2) is 15.1. The van der Waals surface area contributed by atoms with Crippen LogP contribution in [0.1, 0.15) is 22.3 Å². The second-order valence-electron chi connectivity index (χ2n) is 16.4. The molecule has 67 heavy (non-hydrogen) atoms. The first-order chi connectivity index (χ1) is 32.0. The molecule has 0 amide bonds. The zero-order chi connectivity index (χ0) is 46.6. The summed E-state index contributed by atoms with van der Waals surface area (Å²) < 4.78 is 135. The highest BCUT2D eigenvalue weighted by atomic mass is 19.4. The summed E-state index contributed by atoms with van der Waals surface area (Å²) in [5.41, 5.74) is 3.83. The summed E-state index contributed by atoms with van der Waals surface area (Å²) in [7, 11) is 0. The molecule has 332 valence electrons. The number of rotatable bonds is 6. The van der Waals surface area contributed by atoms with Crippen molar-refractivity contribution < 1.29 is 48.3 Å². The standard InChI is InChI=1S/C54H31F9N2O2/c1-30-2-12-38(13-3-30)64(39-16-6-35(7-17-39)52(55,56)57)42-14-4-31-26-46-44-22-23-45-47-27-32-5-15-43(25-34(32)29-49(47)67-51(45)50(44)66-48(46)28-33(31)24-42)65(40-18-8-36(9-19-40)53(58,59)60)41-20-10-37(11-21-41)54(61,62)63/h2-29H,1H3. The number of benzene rings is 9. The van der Waals surface area contributed by atoms with Gasteiger partial charge in [0.2, 0.25) is 0 Å². The molecule has 11 rings (SSSR count). The minimum Gasteiger partial charge on any atom is -0.452 e. The van der Waals surface area contributed by atoms with E-state index in [2.05, 4.69) is 0 Å². The molecule has 0 fully saturated rings. The van der Waals surface area contributed by atoms with Crippen molar-refractivity contribution in [1.82, 2.24) is 0 Å². The number of alkyl halides is 9. The summed E-state index contributed by atoms with van der Waals surface area (Å²) >= 11 is 0. The van der Waals surface area contributed by atoms with Crippen LogP contribution in [0.25, 0.3) is 65.4 Å². The number of hydrogen-bond acceptors (Lipinski definition) is 4. The molecular formula is C54H31F9N2O2. The Kier molecular flexibility index (Phi) is 9.38. The first-order valence-corrected chi connectivity index (χ1v) is 20.8. The van der Waals surface area contributed by atoms with Gasteiger partial charge in [-0.1, -0.05) is 29.8 Å². The van der Waals surface area contributed by atoms with Crippen molar-refractivity contribution in [2.45, 2.75) is 25.5 Å². The van der Waals surface area contributed by atoms with Crippen LogP contribution in [0, 0.1) is 6.92 Å². The van der Waals surface area contributed by atoms with Crippen LogP contribution in [0.3, 0.4) is 0 Å². The maximum Gasteiger partial charge on any atom is 0.416 e. The quantitative estimate of drug-likeness (QED) is 0.156. The van der Waals surface area contributed by atoms with Crippen LogP contribution < -0.4 is 9.80 Å². The molecule has 0 atom stereocenters. The molecule has 0 bridgehead atoms. The molecule has 2 aromatic heterocycles. The topological polar surface area (TPSA) is 32.8 Å². The molecule has 9 aromatic carbocycles. The van der Waals surface area contributed by atoms with Crippen LogP contribution in [0.4, 0.5) is 73.6 Å². The van der Waals surface area contributed by atoms with E-state index in [0.29, 0.717) is 50.5 Å². The molecule has 0 spiro atoms. The number of nitrogens with zero attached hydrogens (tertiary/aromatic N) is 2. The van der Waals surface area contributed by atoms with E-state index in [1.54, 1.807) is 17.0 Å². The lowest BCUT2D eigenvalue weighted by atomic mass is 10.0. The van der Waals surface area contributed by atoms with Gasteiger partial charge in [0.25, 0.3) is 0 Å². The zero-order valence-electron chi connectivity index (χ0n) is 34.8. The van der Waals surface area contributed by atoms with Gasteiger partial charge in [-0.25, -0.2) is 0 Å². The molecule has 0 unspecified atom stereocenters. The van der Waals surface area contributed by atoms with E-state index in [1.807, 2.05) is 96.8 Å². The van der Waals surface area contributed by atoms with E-state index in [1.165, 1.54) is 36.4 Å². The molecule has 0 radical (unpaired) electrons. The van der Waals surface area contributed by atoms with Gasteiger partial charge in [-0.3, -0.25) is 0 Å². The lowest BCUT2D eigenvalue weighted by molar-refractivity contribution is -0.138. The Morgan fingerprint density at radius 2 is 0.627 bits per heavy atom. The van der Waals surface area contributed by atoms with E-state index in [9.17, 15) is 39.5 Å². The van der Waals surface area contributed by atoms with Gasteiger partial charge in [-0.05, 0) is 174 Å². The Bertz CT molecular complexity index is 3640. The average molecular weight is 911 g/mol. The van der Waals surface area contributed by atoms with Crippen LogP contribution in [0.5, 0.6) is 0 Å². The number of aryl methyl sites for hydroxylation is 1. The predicted octanol–water partition coefficient (Wildman–Crippen LogP) is 18.1. The predicted molar refractivity (Wildman–Crippen MR) is 245 cm³/mol. The van der Waals surface area contributed by atoms with Crippen molar-refractivity contribution >= 4 is 99.5 Å². The van der Waals surface area contributed by atoms with Crippen molar-refractivity contribution in [3.8, 4) is 0 Å². The molecule has 4 nitrogen and oxygen atoms in total. The molecule has 11 aromatic rings. The Hall–Kier alpha value is -7.93. The summed E-state index contributed by atoms with van der Waals surface area (Å²) in [5.74, 6) is 0. The average Bonchev–Trinajstić information content (AvgIpc) is 3.85. The van der Waals surface area contributed by atoms with E-state index >= 15 is 0 Å². The third kappa shape index (κ3) is 7.40. The first kappa shape index (κ1) is 41.8. The molecule has 0 saturated carbocycles. The SMILES string of the molecule is Cc1ccc(N(c2ccc(C(F)(F)F)cc2)c2ccc3cc4c(cc3c2)oc2c4ccc3c4cc5ccc(N(c6ccc(C(F)(F)F)cc6)c6ccc(C(F)(F)F)cc6)cc5cc4oc32)cc1. The fraction of sp³-hybridized carbons (Fsp3) is 0.0741. The van der Waals surface area contributed by atoms with Gasteiger partial charge in [-0.15, -0.1) is 0 Å². The molecular weight excluding hydrogens is 880 g/mol. The number of halogens is 9. The third-order valence-electron chi connectivity index (χ3n) is 12.1. The molecule has 0 aliphatic carbocycles. The molecule has 0 aliphatic rings. The van der Waals surface area contributed by atoms with E-state index in [4.69, 9.17) is 8.83 Å². The molecule has 0 N–H and O–H groups in total. The smallest absolute Gasteiger partial charge is 0.416 e. The summed E-state index contributed by atoms with van der Waals surface area (Å²) in [6, 6.07) is 44.5. The third-order valence-corrected chi connectivity index (χ3v) is 12.1. The second-order valence-corrected chi connectivity index (χ2v) is 16.4. The normalized spacial score (nSPS) is 12.6. The fourth-order valence-corrected chi connectivity index (χ4v) is 8.79. The Morgan fingerprint density at radius 3 is 0.955 bits per heavy atom. The van der Waals surface area contributed by atoms with Gasteiger partial charge in [-0.2, -0.15) is 39.5 Å². The Morgan fingerprint density at radius 1 is 0.313 bits per heavy atom. The minimum absolute atomic E-state index is 0.302. The van der Waals surface area contributed by atoms with Crippen molar-refractivity contribution in [2.75, 3.05) is 9.80 Å². The number of furan rings is 2. The highest BCUT2D eigenvalue weighted by Gasteiger charge is 2.33. The largest absolute Gasteiger partial charge is 0.452 e. The van der Waals surface area contributed by atoms with Crippen LogP contribution in [0.15, 0.2) is 179 Å². The number of hydrogen-bond donors (Lipinski definition) is 0. The van der Waals surface area contributed by atoms with Crippen LogP contribution >= 0.6 is 0 Å². The van der Waals surface area contributed by atoms with Crippen LogP contribution in [0.2, 0.25) is 0 Å². The Balaban J connectivity index is 0.997. The van der Waals surface area contributed by atoms with Crippen molar-refractivity contribution in [3.05, 3.63) is 192 Å². The van der Waals surface area contributed by atoms with Gasteiger partial charge in [0.1, 0.15) is 11.2 Å². The van der Waals surface area contributed by atoms with Gasteiger partial charge in [0, 0.05) is 55.7 Å². The first-order valence-electron chi connectivity index (χ1n) is 20.8. The van der Waals surface area contributed by atoms with Gasteiger partial charge >= 0.3 is 18.5 Å². The fourth-order valence-electron chi connectivity index (χ4n) is 8.79. The summed E-state index contributed by atoms with van der Waals surface area (Å²) in [4.78, 5) is 3.48. The van der Waals surface area contributed by atoms with Gasteiger partial charge < -0.3 is 18.6 Å². The summed E-state index contributed by atoms with van der Waals surface area (Å²) in [6.45, 7) is 1.96.